The summed E-state index contributed by atoms with van der Waals surface area (Å²) in [5.41, 5.74) is 1.60. The lowest BCUT2D eigenvalue weighted by atomic mass is 10.2. The maximum absolute atomic E-state index is 12.4. The van der Waals surface area contributed by atoms with Gasteiger partial charge in [0.2, 0.25) is 5.91 Å². The topological polar surface area (TPSA) is 63.4 Å². The molecule has 0 aliphatic heterocycles. The van der Waals surface area contributed by atoms with Gasteiger partial charge in [0.1, 0.15) is 5.82 Å². The predicted octanol–water partition coefficient (Wildman–Crippen LogP) is 2.88. The highest BCUT2D eigenvalue weighted by atomic mass is 32.2. The Kier molecular flexibility index (Phi) is 5.14. The molecule has 2 heterocycles. The standard InChI is InChI=1S/C18H19N5OS/c1-4-10-22(11-5-2)16(24)12-25-18-20-15-9-7-6-8-14(15)17-19-13(3)21-23(17)18/h4-9H,1-2,10-12H2,3H3. The molecule has 0 N–H and O–H groups in total. The van der Waals surface area contributed by atoms with Crippen molar-refractivity contribution in [1.29, 1.82) is 0 Å². The van der Waals surface area contributed by atoms with Crippen LogP contribution in [0.5, 0.6) is 0 Å². The van der Waals surface area contributed by atoms with Crippen molar-refractivity contribution in [3.63, 3.8) is 0 Å². The lowest BCUT2D eigenvalue weighted by Crippen LogP contribution is -2.32. The van der Waals surface area contributed by atoms with Crippen LogP contribution in [-0.4, -0.2) is 49.2 Å². The van der Waals surface area contributed by atoms with Crippen molar-refractivity contribution in [2.24, 2.45) is 0 Å². The zero-order valence-corrected chi connectivity index (χ0v) is 14.9. The van der Waals surface area contributed by atoms with Crippen LogP contribution in [0.4, 0.5) is 0 Å². The zero-order valence-electron chi connectivity index (χ0n) is 14.1. The first-order chi connectivity index (χ1) is 12.1. The van der Waals surface area contributed by atoms with Crippen molar-refractivity contribution in [2.45, 2.75) is 12.1 Å². The van der Waals surface area contributed by atoms with Gasteiger partial charge in [-0.25, -0.2) is 9.97 Å². The third-order valence-corrected chi connectivity index (χ3v) is 4.55. The van der Waals surface area contributed by atoms with Gasteiger partial charge in [-0.15, -0.1) is 18.3 Å². The highest BCUT2D eigenvalue weighted by Crippen LogP contribution is 2.24. The summed E-state index contributed by atoms with van der Waals surface area (Å²) in [5.74, 6) is 0.942. The molecule has 0 saturated carbocycles. The monoisotopic (exact) mass is 353 g/mol. The normalized spacial score (nSPS) is 10.9. The Labute approximate surface area is 150 Å². The Balaban J connectivity index is 1.91. The van der Waals surface area contributed by atoms with Gasteiger partial charge in [-0.3, -0.25) is 4.79 Å². The smallest absolute Gasteiger partial charge is 0.233 e. The largest absolute Gasteiger partial charge is 0.335 e. The number of para-hydroxylation sites is 1. The van der Waals surface area contributed by atoms with E-state index in [4.69, 9.17) is 0 Å². The second-order valence-electron chi connectivity index (χ2n) is 5.47. The molecule has 0 bridgehead atoms. The van der Waals surface area contributed by atoms with E-state index >= 15 is 0 Å². The molecular weight excluding hydrogens is 334 g/mol. The maximum Gasteiger partial charge on any atom is 0.233 e. The van der Waals surface area contributed by atoms with E-state index < -0.39 is 0 Å². The van der Waals surface area contributed by atoms with E-state index in [1.54, 1.807) is 21.6 Å². The summed E-state index contributed by atoms with van der Waals surface area (Å²) in [6.07, 6.45) is 3.42. The van der Waals surface area contributed by atoms with Crippen LogP contribution in [0.2, 0.25) is 0 Å². The van der Waals surface area contributed by atoms with Gasteiger partial charge < -0.3 is 4.90 Å². The molecule has 0 spiro atoms. The van der Waals surface area contributed by atoms with E-state index in [1.807, 2.05) is 31.2 Å². The molecule has 0 aliphatic carbocycles. The van der Waals surface area contributed by atoms with Crippen LogP contribution >= 0.6 is 11.8 Å². The number of thioether (sulfide) groups is 1. The lowest BCUT2D eigenvalue weighted by Gasteiger charge is -2.18. The molecule has 0 saturated heterocycles. The summed E-state index contributed by atoms with van der Waals surface area (Å²) in [7, 11) is 0. The number of benzene rings is 1. The Morgan fingerprint density at radius 3 is 2.68 bits per heavy atom. The van der Waals surface area contributed by atoms with Crippen LogP contribution in [0.1, 0.15) is 5.82 Å². The molecular formula is C18H19N5OS. The molecule has 0 unspecified atom stereocenters. The van der Waals surface area contributed by atoms with Crippen LogP contribution in [0.15, 0.2) is 54.7 Å². The fraction of sp³-hybridized carbons (Fsp3) is 0.222. The van der Waals surface area contributed by atoms with Crippen LogP contribution in [0.25, 0.3) is 16.6 Å². The van der Waals surface area contributed by atoms with E-state index in [-0.39, 0.29) is 11.7 Å². The highest BCUT2D eigenvalue weighted by molar-refractivity contribution is 7.99. The summed E-state index contributed by atoms with van der Waals surface area (Å²) < 4.78 is 1.71. The van der Waals surface area contributed by atoms with Gasteiger partial charge in [0, 0.05) is 18.5 Å². The Bertz CT molecular complexity index is 939. The van der Waals surface area contributed by atoms with Crippen molar-refractivity contribution in [3.8, 4) is 0 Å². The summed E-state index contributed by atoms with van der Waals surface area (Å²) in [5, 5.41) is 6.02. The van der Waals surface area contributed by atoms with Crippen LogP contribution < -0.4 is 0 Å². The van der Waals surface area contributed by atoms with E-state index in [9.17, 15) is 4.79 Å². The molecule has 2 aromatic heterocycles. The Hall–Kier alpha value is -2.67. The van der Waals surface area contributed by atoms with Gasteiger partial charge in [-0.2, -0.15) is 4.52 Å². The second kappa shape index (κ2) is 7.48. The van der Waals surface area contributed by atoms with Crippen molar-refractivity contribution in [3.05, 3.63) is 55.4 Å². The highest BCUT2D eigenvalue weighted by Gasteiger charge is 2.16. The SMILES string of the molecule is C=CCN(CC=C)C(=O)CSc1nc2ccccc2c2nc(C)nn12. The van der Waals surface area contributed by atoms with Crippen molar-refractivity contribution >= 4 is 34.2 Å². The molecule has 6 nitrogen and oxygen atoms in total. The van der Waals surface area contributed by atoms with E-state index in [0.29, 0.717) is 24.1 Å². The number of carbonyl (C=O) groups excluding carboxylic acids is 1. The predicted molar refractivity (Wildman–Crippen MR) is 101 cm³/mol. The van der Waals surface area contributed by atoms with Crippen LogP contribution in [-0.2, 0) is 4.79 Å². The molecule has 1 amide bonds. The first-order valence-electron chi connectivity index (χ1n) is 7.88. The second-order valence-corrected chi connectivity index (χ2v) is 6.41. The minimum atomic E-state index is 0.00439. The van der Waals surface area contributed by atoms with E-state index in [1.165, 1.54) is 11.8 Å². The quantitative estimate of drug-likeness (QED) is 0.371. The van der Waals surface area contributed by atoms with Gasteiger partial charge in [-0.05, 0) is 19.1 Å². The third-order valence-electron chi connectivity index (χ3n) is 3.63. The minimum absolute atomic E-state index is 0.00439. The fourth-order valence-corrected chi connectivity index (χ4v) is 3.38. The van der Waals surface area contributed by atoms with Gasteiger partial charge in [0.25, 0.3) is 0 Å². The molecule has 0 aliphatic rings. The maximum atomic E-state index is 12.4. The van der Waals surface area contributed by atoms with Gasteiger partial charge >= 0.3 is 0 Å². The number of rotatable bonds is 7. The molecule has 7 heteroatoms. The third kappa shape index (κ3) is 3.56. The molecule has 0 radical (unpaired) electrons. The zero-order chi connectivity index (χ0) is 17.8. The lowest BCUT2D eigenvalue weighted by molar-refractivity contribution is -0.127. The molecule has 25 heavy (non-hydrogen) atoms. The summed E-state index contributed by atoms with van der Waals surface area (Å²) >= 11 is 1.36. The first-order valence-corrected chi connectivity index (χ1v) is 8.87. The minimum Gasteiger partial charge on any atom is -0.335 e. The van der Waals surface area contributed by atoms with Crippen LogP contribution in [0.3, 0.4) is 0 Å². The number of aromatic nitrogens is 4. The number of aryl methyl sites for hydroxylation is 1. The van der Waals surface area contributed by atoms with E-state index in [2.05, 4.69) is 28.2 Å². The van der Waals surface area contributed by atoms with Crippen molar-refractivity contribution < 1.29 is 4.79 Å². The molecule has 3 rings (SSSR count). The molecule has 3 aromatic rings. The van der Waals surface area contributed by atoms with Gasteiger partial charge in [0.05, 0.1) is 11.3 Å². The Morgan fingerprint density at radius 1 is 1.24 bits per heavy atom. The number of carbonyl (C=O) groups is 1. The first kappa shape index (κ1) is 17.2. The molecule has 1 aromatic carbocycles. The fourth-order valence-electron chi connectivity index (χ4n) is 2.53. The number of nitrogens with zero attached hydrogens (tertiary/aromatic N) is 5. The molecule has 0 atom stereocenters. The van der Waals surface area contributed by atoms with Gasteiger partial charge in [0.15, 0.2) is 10.8 Å². The van der Waals surface area contributed by atoms with Crippen LogP contribution in [0, 0.1) is 6.92 Å². The Morgan fingerprint density at radius 2 is 1.96 bits per heavy atom. The summed E-state index contributed by atoms with van der Waals surface area (Å²) in [6, 6.07) is 7.80. The molecule has 0 fully saturated rings. The number of fused-ring (bicyclic) bond motifs is 3. The average Bonchev–Trinajstić information content (AvgIpc) is 3.01. The van der Waals surface area contributed by atoms with E-state index in [0.717, 1.165) is 16.6 Å². The van der Waals surface area contributed by atoms with Crippen molar-refractivity contribution in [1.82, 2.24) is 24.5 Å². The van der Waals surface area contributed by atoms with Crippen molar-refractivity contribution in [2.75, 3.05) is 18.8 Å². The number of amides is 1. The van der Waals surface area contributed by atoms with Gasteiger partial charge in [-0.1, -0.05) is 36.0 Å². The summed E-state index contributed by atoms with van der Waals surface area (Å²) in [4.78, 5) is 23.3. The summed E-state index contributed by atoms with van der Waals surface area (Å²) in [6.45, 7) is 10.2. The molecule has 128 valence electrons. The number of hydrogen-bond acceptors (Lipinski definition) is 5. The number of hydrogen-bond donors (Lipinski definition) is 0. The average molecular weight is 353 g/mol.